The molecule has 0 aromatic heterocycles. The Bertz CT molecular complexity index is 833. The molecular formula is C19H25NO4S. The van der Waals surface area contributed by atoms with E-state index in [2.05, 4.69) is 4.40 Å². The molecular weight excluding hydrogens is 338 g/mol. The minimum atomic E-state index is -3.54. The monoisotopic (exact) mass is 363 g/mol. The van der Waals surface area contributed by atoms with Crippen molar-refractivity contribution >= 4 is 21.7 Å². The van der Waals surface area contributed by atoms with Crippen LogP contribution in [0.15, 0.2) is 22.6 Å². The van der Waals surface area contributed by atoms with Gasteiger partial charge in [-0.3, -0.25) is 0 Å². The normalized spacial score (nSPS) is 24.7. The van der Waals surface area contributed by atoms with Crippen LogP contribution in [0, 0.1) is 11.8 Å². The predicted octanol–water partition coefficient (Wildman–Crippen LogP) is 3.17. The van der Waals surface area contributed by atoms with Crippen molar-refractivity contribution in [2.45, 2.75) is 51.2 Å². The Balaban J connectivity index is 1.98. The summed E-state index contributed by atoms with van der Waals surface area (Å²) in [5.74, 6) is -0.0370. The van der Waals surface area contributed by atoms with E-state index in [1.165, 1.54) is 12.7 Å². The molecule has 0 heterocycles. The van der Waals surface area contributed by atoms with Crippen LogP contribution >= 0.6 is 0 Å². The van der Waals surface area contributed by atoms with Gasteiger partial charge in [0.15, 0.2) is 0 Å². The van der Waals surface area contributed by atoms with E-state index in [-0.39, 0.29) is 17.8 Å². The number of ether oxygens (including phenoxy) is 1. The van der Waals surface area contributed by atoms with Crippen molar-refractivity contribution in [2.24, 2.45) is 16.2 Å². The number of hydrogen-bond donors (Lipinski definition) is 0. The molecule has 0 unspecified atom stereocenters. The van der Waals surface area contributed by atoms with Crippen LogP contribution < -0.4 is 0 Å². The Morgan fingerprint density at radius 3 is 2.28 bits per heavy atom. The van der Waals surface area contributed by atoms with Gasteiger partial charge in [0.25, 0.3) is 10.0 Å². The number of hydrogen-bond acceptors (Lipinski definition) is 4. The van der Waals surface area contributed by atoms with Crippen molar-refractivity contribution in [2.75, 3.05) is 7.11 Å². The average molecular weight is 363 g/mol. The highest BCUT2D eigenvalue weighted by Gasteiger charge is 2.39. The number of nitrogens with zero attached hydrogens (tertiary/aromatic N) is 1. The zero-order valence-electron chi connectivity index (χ0n) is 15.2. The standard InChI is InChI=1S/C19H25NO4S/c1-19(2,3)25(22,23)20-17-13-6-7-14(17)10-16-11-15(18(21)24-4)8-5-12(16)9-13/h5,8,11,13-14H,6-7,9-10H2,1-4H3/b20-17-/t13-,14+/m1/s1. The summed E-state index contributed by atoms with van der Waals surface area (Å²) in [5, 5.41) is 0. The number of sulfonamides is 1. The minimum Gasteiger partial charge on any atom is -0.465 e. The fourth-order valence-corrected chi connectivity index (χ4v) is 4.51. The van der Waals surface area contributed by atoms with E-state index in [1.807, 2.05) is 12.1 Å². The Kier molecular flexibility index (Phi) is 4.52. The molecule has 2 aliphatic rings. The maximum Gasteiger partial charge on any atom is 0.337 e. The van der Waals surface area contributed by atoms with Crippen molar-refractivity contribution in [3.05, 3.63) is 34.9 Å². The zero-order chi connectivity index (χ0) is 18.4. The van der Waals surface area contributed by atoms with Crippen molar-refractivity contribution in [3.63, 3.8) is 0 Å². The first-order valence-corrected chi connectivity index (χ1v) is 10.1. The van der Waals surface area contributed by atoms with Gasteiger partial charge in [0.2, 0.25) is 0 Å². The fraction of sp³-hybridized carbons (Fsp3) is 0.579. The van der Waals surface area contributed by atoms with Crippen LogP contribution in [0.5, 0.6) is 0 Å². The van der Waals surface area contributed by atoms with Crippen LogP contribution in [0.25, 0.3) is 0 Å². The number of rotatable bonds is 2. The number of esters is 1. The van der Waals surface area contributed by atoms with E-state index >= 15 is 0 Å². The van der Waals surface area contributed by atoms with Gasteiger partial charge >= 0.3 is 5.97 Å². The molecule has 0 N–H and O–H groups in total. The summed E-state index contributed by atoms with van der Waals surface area (Å²) < 4.78 is 33.3. The summed E-state index contributed by atoms with van der Waals surface area (Å²) in [5.41, 5.74) is 3.65. The molecule has 0 aliphatic heterocycles. The van der Waals surface area contributed by atoms with Gasteiger partial charge in [-0.05, 0) is 69.7 Å². The van der Waals surface area contributed by atoms with Gasteiger partial charge in [-0.2, -0.15) is 4.40 Å². The molecule has 25 heavy (non-hydrogen) atoms. The number of carbonyl (C=O) groups is 1. The van der Waals surface area contributed by atoms with E-state index in [1.54, 1.807) is 26.8 Å². The molecule has 2 atom stereocenters. The lowest BCUT2D eigenvalue weighted by Crippen LogP contribution is -2.28. The summed E-state index contributed by atoms with van der Waals surface area (Å²) in [6.07, 6.45) is 3.44. The Hall–Kier alpha value is -1.69. The zero-order valence-corrected chi connectivity index (χ0v) is 16.0. The summed E-state index contributed by atoms with van der Waals surface area (Å²) in [6.45, 7) is 5.05. The molecule has 1 fully saturated rings. The highest BCUT2D eigenvalue weighted by Crippen LogP contribution is 2.39. The van der Waals surface area contributed by atoms with E-state index < -0.39 is 14.8 Å². The van der Waals surface area contributed by atoms with Gasteiger partial charge in [0, 0.05) is 17.5 Å². The molecule has 2 bridgehead atoms. The van der Waals surface area contributed by atoms with Crippen molar-refractivity contribution in [3.8, 4) is 0 Å². The van der Waals surface area contributed by atoms with E-state index in [4.69, 9.17) is 4.74 Å². The third-order valence-electron chi connectivity index (χ3n) is 5.26. The predicted molar refractivity (Wildman–Crippen MR) is 97.5 cm³/mol. The highest BCUT2D eigenvalue weighted by atomic mass is 32.2. The van der Waals surface area contributed by atoms with Crippen LogP contribution in [0.1, 0.15) is 55.1 Å². The van der Waals surface area contributed by atoms with Gasteiger partial charge in [-0.15, -0.1) is 0 Å². The van der Waals surface area contributed by atoms with Gasteiger partial charge in [-0.25, -0.2) is 13.2 Å². The molecule has 5 nitrogen and oxygen atoms in total. The molecule has 0 spiro atoms. The molecule has 3 rings (SSSR count). The van der Waals surface area contributed by atoms with Crippen molar-refractivity contribution in [1.29, 1.82) is 0 Å². The number of methoxy groups -OCH3 is 1. The van der Waals surface area contributed by atoms with Gasteiger partial charge < -0.3 is 4.74 Å². The lowest BCUT2D eigenvalue weighted by molar-refractivity contribution is 0.0600. The van der Waals surface area contributed by atoms with Crippen LogP contribution in [0.2, 0.25) is 0 Å². The van der Waals surface area contributed by atoms with E-state index in [9.17, 15) is 13.2 Å². The van der Waals surface area contributed by atoms with Gasteiger partial charge in [-0.1, -0.05) is 6.07 Å². The molecule has 0 saturated heterocycles. The molecule has 0 radical (unpaired) electrons. The third kappa shape index (κ3) is 3.36. The molecule has 136 valence electrons. The Morgan fingerprint density at radius 1 is 1.12 bits per heavy atom. The first kappa shape index (κ1) is 18.1. The maximum atomic E-state index is 12.6. The number of carbonyl (C=O) groups excluding carboxylic acids is 1. The van der Waals surface area contributed by atoms with Crippen LogP contribution in [0.3, 0.4) is 0 Å². The van der Waals surface area contributed by atoms with Crippen molar-refractivity contribution < 1.29 is 17.9 Å². The van der Waals surface area contributed by atoms with E-state index in [0.717, 1.165) is 37.0 Å². The topological polar surface area (TPSA) is 72.8 Å². The maximum absolute atomic E-state index is 12.6. The smallest absolute Gasteiger partial charge is 0.337 e. The average Bonchev–Trinajstić information content (AvgIpc) is 2.79. The molecule has 2 aliphatic carbocycles. The van der Waals surface area contributed by atoms with Crippen LogP contribution in [-0.4, -0.2) is 32.0 Å². The van der Waals surface area contributed by atoms with Gasteiger partial charge in [0.05, 0.1) is 17.4 Å². The molecule has 1 aromatic rings. The molecule has 1 saturated carbocycles. The molecule has 0 amide bonds. The first-order valence-electron chi connectivity index (χ1n) is 8.67. The number of fused-ring (bicyclic) bond motifs is 3. The van der Waals surface area contributed by atoms with Crippen molar-refractivity contribution in [1.82, 2.24) is 0 Å². The second kappa shape index (κ2) is 6.24. The second-order valence-electron chi connectivity index (χ2n) is 7.96. The number of benzene rings is 1. The summed E-state index contributed by atoms with van der Waals surface area (Å²) in [4.78, 5) is 11.8. The molecule has 1 aromatic carbocycles. The quantitative estimate of drug-likeness (QED) is 0.757. The van der Waals surface area contributed by atoms with Gasteiger partial charge in [0.1, 0.15) is 0 Å². The fourth-order valence-electron chi connectivity index (χ4n) is 3.66. The SMILES string of the molecule is COC(=O)c1ccc2c(c1)C[C@@H]1CC[C@H](C2)/C1=N/S(=O)(=O)C(C)(C)C. The van der Waals surface area contributed by atoms with E-state index in [0.29, 0.717) is 5.56 Å². The largest absolute Gasteiger partial charge is 0.465 e. The van der Waals surface area contributed by atoms with Crippen LogP contribution in [-0.2, 0) is 27.6 Å². The lowest BCUT2D eigenvalue weighted by Gasteiger charge is -2.18. The third-order valence-corrected chi connectivity index (χ3v) is 7.26. The highest BCUT2D eigenvalue weighted by molar-refractivity contribution is 7.91. The summed E-state index contributed by atoms with van der Waals surface area (Å²) >= 11 is 0. The Labute approximate surface area is 149 Å². The second-order valence-corrected chi connectivity index (χ2v) is 10.3. The Morgan fingerprint density at radius 2 is 1.72 bits per heavy atom. The first-order chi connectivity index (χ1) is 11.6. The molecule has 6 heteroatoms. The minimum absolute atomic E-state index is 0.135. The summed E-state index contributed by atoms with van der Waals surface area (Å²) in [7, 11) is -2.17. The summed E-state index contributed by atoms with van der Waals surface area (Å²) in [6, 6.07) is 5.64. The van der Waals surface area contributed by atoms with Crippen LogP contribution in [0.4, 0.5) is 0 Å². The lowest BCUT2D eigenvalue weighted by atomic mass is 9.92.